The zero-order valence-corrected chi connectivity index (χ0v) is 10.4. The van der Waals surface area contributed by atoms with Crippen LogP contribution in [0.1, 0.15) is 43.9 Å². The molecule has 1 aliphatic heterocycles. The summed E-state index contributed by atoms with van der Waals surface area (Å²) in [6.07, 6.45) is 1.85. The molecule has 3 nitrogen and oxygen atoms in total. The first-order chi connectivity index (χ1) is 8.10. The molecule has 1 aromatic rings. The summed E-state index contributed by atoms with van der Waals surface area (Å²) in [5.41, 5.74) is 2.80. The molecular formula is C14H19NO2. The maximum Gasteiger partial charge on any atom is 0.228 e. The maximum absolute atomic E-state index is 11.2. The van der Waals surface area contributed by atoms with E-state index in [-0.39, 0.29) is 5.91 Å². The average Bonchev–Trinajstić information content (AvgIpc) is 2.67. The lowest BCUT2D eigenvalue weighted by Crippen LogP contribution is -2.04. The number of fused-ring (bicyclic) bond motifs is 1. The fourth-order valence-corrected chi connectivity index (χ4v) is 2.14. The van der Waals surface area contributed by atoms with E-state index < -0.39 is 6.10 Å². The fourth-order valence-electron chi connectivity index (χ4n) is 2.14. The Morgan fingerprint density at radius 2 is 2.24 bits per heavy atom. The second kappa shape index (κ2) is 4.88. The molecule has 1 aliphatic rings. The molecule has 0 radical (unpaired) electrons. The number of rotatable bonds is 4. The van der Waals surface area contributed by atoms with Gasteiger partial charge >= 0.3 is 0 Å². The number of hydrogen-bond acceptors (Lipinski definition) is 2. The Morgan fingerprint density at radius 1 is 1.47 bits per heavy atom. The van der Waals surface area contributed by atoms with E-state index >= 15 is 0 Å². The zero-order chi connectivity index (χ0) is 12.4. The summed E-state index contributed by atoms with van der Waals surface area (Å²) in [5.74, 6) is 0.548. The van der Waals surface area contributed by atoms with Crippen LogP contribution in [0.2, 0.25) is 0 Å². The van der Waals surface area contributed by atoms with Crippen molar-refractivity contribution in [3.63, 3.8) is 0 Å². The molecule has 0 saturated carbocycles. The highest BCUT2D eigenvalue weighted by Gasteiger charge is 2.19. The van der Waals surface area contributed by atoms with Gasteiger partial charge in [-0.3, -0.25) is 4.79 Å². The Bertz CT molecular complexity index is 428. The van der Waals surface area contributed by atoms with E-state index in [1.165, 1.54) is 0 Å². The van der Waals surface area contributed by atoms with Crippen LogP contribution in [0.15, 0.2) is 18.2 Å². The quantitative estimate of drug-likeness (QED) is 0.840. The maximum atomic E-state index is 11.2. The van der Waals surface area contributed by atoms with Gasteiger partial charge in [0.25, 0.3) is 0 Å². The van der Waals surface area contributed by atoms with Crippen LogP contribution in [0.4, 0.5) is 5.69 Å². The van der Waals surface area contributed by atoms with Crippen molar-refractivity contribution in [1.82, 2.24) is 0 Å². The van der Waals surface area contributed by atoms with E-state index in [9.17, 15) is 9.90 Å². The minimum atomic E-state index is -0.425. The Balaban J connectivity index is 2.12. The second-order valence-electron chi connectivity index (χ2n) is 4.91. The van der Waals surface area contributed by atoms with Crippen molar-refractivity contribution in [2.75, 3.05) is 5.32 Å². The third-order valence-electron chi connectivity index (χ3n) is 3.46. The van der Waals surface area contributed by atoms with Gasteiger partial charge in [-0.05, 0) is 29.5 Å². The van der Waals surface area contributed by atoms with E-state index in [1.54, 1.807) is 0 Å². The first kappa shape index (κ1) is 12.1. The summed E-state index contributed by atoms with van der Waals surface area (Å²) in [5, 5.41) is 12.9. The van der Waals surface area contributed by atoms with Crippen molar-refractivity contribution in [1.29, 1.82) is 0 Å². The van der Waals surface area contributed by atoms with Gasteiger partial charge in [-0.25, -0.2) is 0 Å². The van der Waals surface area contributed by atoms with Crippen molar-refractivity contribution in [3.8, 4) is 0 Å². The van der Waals surface area contributed by atoms with Crippen molar-refractivity contribution < 1.29 is 9.90 Å². The SMILES string of the molecule is CCC(C)CC(O)c1ccc2c(c1)CC(=O)N2. The van der Waals surface area contributed by atoms with Gasteiger partial charge in [0.15, 0.2) is 0 Å². The van der Waals surface area contributed by atoms with Gasteiger partial charge in [0.1, 0.15) is 0 Å². The van der Waals surface area contributed by atoms with Gasteiger partial charge in [-0.2, -0.15) is 0 Å². The molecule has 2 unspecified atom stereocenters. The molecule has 0 fully saturated rings. The Morgan fingerprint density at radius 3 is 2.94 bits per heavy atom. The van der Waals surface area contributed by atoms with E-state index in [2.05, 4.69) is 19.2 Å². The van der Waals surface area contributed by atoms with Crippen molar-refractivity contribution in [2.24, 2.45) is 5.92 Å². The molecule has 0 spiro atoms. The van der Waals surface area contributed by atoms with E-state index in [0.717, 1.165) is 29.7 Å². The molecular weight excluding hydrogens is 214 g/mol. The van der Waals surface area contributed by atoms with Gasteiger partial charge in [0, 0.05) is 5.69 Å². The summed E-state index contributed by atoms with van der Waals surface area (Å²) < 4.78 is 0. The molecule has 1 heterocycles. The van der Waals surface area contributed by atoms with Gasteiger partial charge in [0.05, 0.1) is 12.5 Å². The number of amides is 1. The summed E-state index contributed by atoms with van der Waals surface area (Å²) in [7, 11) is 0. The van der Waals surface area contributed by atoms with Crippen LogP contribution in [-0.2, 0) is 11.2 Å². The third-order valence-corrected chi connectivity index (χ3v) is 3.46. The monoisotopic (exact) mass is 233 g/mol. The Labute approximate surface area is 102 Å². The van der Waals surface area contributed by atoms with Crippen LogP contribution in [0, 0.1) is 5.92 Å². The van der Waals surface area contributed by atoms with Gasteiger partial charge < -0.3 is 10.4 Å². The largest absolute Gasteiger partial charge is 0.388 e. The number of carbonyl (C=O) groups excluding carboxylic acids is 1. The summed E-state index contributed by atoms with van der Waals surface area (Å²) in [4.78, 5) is 11.2. The normalized spacial score (nSPS) is 17.5. The van der Waals surface area contributed by atoms with Crippen LogP contribution < -0.4 is 5.32 Å². The van der Waals surface area contributed by atoms with Gasteiger partial charge in [-0.15, -0.1) is 0 Å². The third kappa shape index (κ3) is 2.67. The van der Waals surface area contributed by atoms with Crippen LogP contribution in [0.5, 0.6) is 0 Å². The van der Waals surface area contributed by atoms with E-state index in [4.69, 9.17) is 0 Å². The fraction of sp³-hybridized carbons (Fsp3) is 0.500. The molecule has 3 heteroatoms. The van der Waals surface area contributed by atoms with Crippen molar-refractivity contribution in [2.45, 2.75) is 39.2 Å². The smallest absolute Gasteiger partial charge is 0.228 e. The highest BCUT2D eigenvalue weighted by Crippen LogP contribution is 2.29. The highest BCUT2D eigenvalue weighted by molar-refractivity contribution is 5.99. The number of aliphatic hydroxyl groups excluding tert-OH is 1. The number of aliphatic hydroxyl groups is 1. The topological polar surface area (TPSA) is 49.3 Å². The predicted molar refractivity (Wildman–Crippen MR) is 67.8 cm³/mol. The molecule has 1 amide bonds. The summed E-state index contributed by atoms with van der Waals surface area (Å²) >= 11 is 0. The van der Waals surface area contributed by atoms with Crippen molar-refractivity contribution >= 4 is 11.6 Å². The molecule has 0 aromatic heterocycles. The second-order valence-corrected chi connectivity index (χ2v) is 4.91. The lowest BCUT2D eigenvalue weighted by molar-refractivity contribution is -0.115. The van der Waals surface area contributed by atoms with Crippen LogP contribution >= 0.6 is 0 Å². The Kier molecular flexibility index (Phi) is 3.48. The van der Waals surface area contributed by atoms with Gasteiger partial charge in [-0.1, -0.05) is 32.4 Å². The number of anilines is 1. The number of carbonyl (C=O) groups is 1. The molecule has 92 valence electrons. The molecule has 2 N–H and O–H groups in total. The molecule has 0 saturated heterocycles. The summed E-state index contributed by atoms with van der Waals surface area (Å²) in [6.45, 7) is 4.27. The van der Waals surface area contributed by atoms with Crippen LogP contribution in [0.3, 0.4) is 0 Å². The average molecular weight is 233 g/mol. The molecule has 2 rings (SSSR count). The molecule has 2 atom stereocenters. The minimum Gasteiger partial charge on any atom is -0.388 e. The molecule has 0 aliphatic carbocycles. The number of benzene rings is 1. The van der Waals surface area contributed by atoms with Gasteiger partial charge in [0.2, 0.25) is 5.91 Å². The number of hydrogen-bond donors (Lipinski definition) is 2. The van der Waals surface area contributed by atoms with Crippen molar-refractivity contribution in [3.05, 3.63) is 29.3 Å². The predicted octanol–water partition coefficient (Wildman–Crippen LogP) is 2.65. The lowest BCUT2D eigenvalue weighted by atomic mass is 9.95. The van der Waals surface area contributed by atoms with E-state index in [0.29, 0.717) is 12.3 Å². The molecule has 1 aromatic carbocycles. The lowest BCUT2D eigenvalue weighted by Gasteiger charge is -2.16. The first-order valence-electron chi connectivity index (χ1n) is 6.21. The molecule has 17 heavy (non-hydrogen) atoms. The highest BCUT2D eigenvalue weighted by atomic mass is 16.3. The van der Waals surface area contributed by atoms with Crippen LogP contribution in [0.25, 0.3) is 0 Å². The summed E-state index contributed by atoms with van der Waals surface area (Å²) in [6, 6.07) is 5.73. The minimum absolute atomic E-state index is 0.0357. The Hall–Kier alpha value is -1.35. The van der Waals surface area contributed by atoms with E-state index in [1.807, 2.05) is 18.2 Å². The zero-order valence-electron chi connectivity index (χ0n) is 10.4. The first-order valence-corrected chi connectivity index (χ1v) is 6.21. The standard InChI is InChI=1S/C14H19NO2/c1-3-9(2)6-13(16)10-4-5-12-11(7-10)8-14(17)15-12/h4-5,7,9,13,16H,3,6,8H2,1-2H3,(H,15,17). The molecule has 0 bridgehead atoms. The van der Waals surface area contributed by atoms with Crippen LogP contribution in [-0.4, -0.2) is 11.0 Å². The number of nitrogens with one attached hydrogen (secondary N) is 1.